The first-order valence-corrected chi connectivity index (χ1v) is 20.1. The van der Waals surface area contributed by atoms with Crippen molar-refractivity contribution in [3.63, 3.8) is 0 Å². The molecule has 0 radical (unpaired) electrons. The average Bonchev–Trinajstić information content (AvgIpc) is 4.11. The van der Waals surface area contributed by atoms with E-state index in [1.165, 1.54) is 0 Å². The second kappa shape index (κ2) is 15.1. The second-order valence-corrected chi connectivity index (χ2v) is 15.4. The molecule has 7 heteroatoms. The third-order valence-corrected chi connectivity index (χ3v) is 11.1. The highest BCUT2D eigenvalue weighted by atomic mass is 127. The van der Waals surface area contributed by atoms with Crippen LogP contribution in [0.4, 0.5) is 5.69 Å². The van der Waals surface area contributed by atoms with Crippen molar-refractivity contribution in [1.82, 2.24) is 19.9 Å². The number of nitrogens with zero attached hydrogens (tertiary/aromatic N) is 2. The van der Waals surface area contributed by atoms with E-state index in [0.717, 1.165) is 98.6 Å². The molecular weight excluding hydrogens is 825 g/mol. The lowest BCUT2D eigenvalue weighted by Crippen LogP contribution is -2.11. The van der Waals surface area contributed by atoms with Crippen LogP contribution < -0.4 is 5.32 Å². The van der Waals surface area contributed by atoms with Crippen molar-refractivity contribution in [2.24, 2.45) is 0 Å². The molecule has 1 amide bonds. The average molecular weight is 860 g/mol. The van der Waals surface area contributed by atoms with E-state index in [1.807, 2.05) is 66.7 Å². The van der Waals surface area contributed by atoms with Crippen LogP contribution in [-0.4, -0.2) is 25.8 Å². The number of hydrogen-bond acceptors (Lipinski definition) is 3. The summed E-state index contributed by atoms with van der Waals surface area (Å²) in [7, 11) is 0. The number of carbonyl (C=O) groups excluding carboxylic acids is 1. The molecule has 0 saturated heterocycles. The van der Waals surface area contributed by atoms with E-state index < -0.39 is 0 Å². The molecule has 5 aromatic carbocycles. The largest absolute Gasteiger partial charge is 0.354 e. The Morgan fingerprint density at radius 3 is 1.19 bits per heavy atom. The number of benzene rings is 5. The third kappa shape index (κ3) is 6.75. The Kier molecular flexibility index (Phi) is 9.20. The standard InChI is InChI=1S/C51H34IN5O/c52-37-17-10-18-38(31-37)53-51(58)36-21-19-35(20-22-36)50-45-29-27-43(56-45)48(33-13-6-2-7-14-33)41-25-23-39(54-41)47(32-11-4-1-5-12-32)40-24-26-42(55-40)49(34-15-8-3-9-16-34)44-28-30-46(50)57-44/h1-31,54,57H,(H,53,58). The third-order valence-electron chi connectivity index (χ3n) is 10.5. The van der Waals surface area contributed by atoms with Gasteiger partial charge in [-0.25, -0.2) is 9.97 Å². The number of amides is 1. The zero-order valence-electron chi connectivity index (χ0n) is 31.1. The molecule has 3 N–H and O–H groups in total. The lowest BCUT2D eigenvalue weighted by Gasteiger charge is -2.08. The lowest BCUT2D eigenvalue weighted by molar-refractivity contribution is 0.102. The summed E-state index contributed by atoms with van der Waals surface area (Å²) in [6.07, 6.45) is 8.40. The van der Waals surface area contributed by atoms with Gasteiger partial charge in [-0.1, -0.05) is 109 Å². The zero-order chi connectivity index (χ0) is 39.0. The summed E-state index contributed by atoms with van der Waals surface area (Å²) in [6, 6.07) is 55.3. The number of aromatic amines is 2. The Morgan fingerprint density at radius 1 is 0.431 bits per heavy atom. The summed E-state index contributed by atoms with van der Waals surface area (Å²) < 4.78 is 1.05. The molecule has 3 aromatic heterocycles. The Balaban J connectivity index is 1.26. The van der Waals surface area contributed by atoms with E-state index in [2.05, 4.69) is 159 Å². The smallest absolute Gasteiger partial charge is 0.255 e. The van der Waals surface area contributed by atoms with Crippen LogP contribution in [0.3, 0.4) is 0 Å². The first-order valence-electron chi connectivity index (χ1n) is 19.1. The van der Waals surface area contributed by atoms with Gasteiger partial charge in [0.1, 0.15) is 0 Å². The number of hydrogen-bond donors (Lipinski definition) is 3. The molecule has 8 bridgehead atoms. The first kappa shape index (κ1) is 35.3. The topological polar surface area (TPSA) is 86.5 Å². The molecule has 0 spiro atoms. The maximum atomic E-state index is 13.4. The fourth-order valence-corrected chi connectivity index (χ4v) is 8.34. The summed E-state index contributed by atoms with van der Waals surface area (Å²) in [5.41, 5.74) is 16.4. The SMILES string of the molecule is O=C(Nc1cccc(I)c1)c1ccc(-c2c3nc(c(-c4ccccc4)c4ccc([nH]4)c(-c4ccccc4)c4nc(c(-c5ccccc5)c5ccc2[nH]5)C=C4)C=C3)cc1. The number of carbonyl (C=O) groups is 1. The predicted molar refractivity (Wildman–Crippen MR) is 248 cm³/mol. The van der Waals surface area contributed by atoms with Crippen molar-refractivity contribution in [2.75, 3.05) is 5.32 Å². The molecule has 0 unspecified atom stereocenters. The van der Waals surface area contributed by atoms with Gasteiger partial charge in [-0.05, 0) is 124 Å². The van der Waals surface area contributed by atoms with Gasteiger partial charge in [-0.2, -0.15) is 0 Å². The minimum atomic E-state index is -0.170. The molecule has 2 aliphatic rings. The molecule has 6 nitrogen and oxygen atoms in total. The van der Waals surface area contributed by atoms with Gasteiger partial charge in [0.2, 0.25) is 0 Å². The molecule has 8 aromatic rings. The zero-order valence-corrected chi connectivity index (χ0v) is 33.2. The maximum absolute atomic E-state index is 13.4. The fourth-order valence-electron chi connectivity index (χ4n) is 7.79. The highest BCUT2D eigenvalue weighted by molar-refractivity contribution is 14.1. The summed E-state index contributed by atoms with van der Waals surface area (Å²) in [5.74, 6) is -0.170. The lowest BCUT2D eigenvalue weighted by atomic mass is 10.0. The van der Waals surface area contributed by atoms with E-state index in [4.69, 9.17) is 9.97 Å². The molecule has 5 heterocycles. The van der Waals surface area contributed by atoms with E-state index in [1.54, 1.807) is 0 Å². The normalized spacial score (nSPS) is 11.8. The Labute approximate surface area is 348 Å². The van der Waals surface area contributed by atoms with Gasteiger partial charge in [0.15, 0.2) is 0 Å². The predicted octanol–water partition coefficient (Wildman–Crippen LogP) is 13.2. The van der Waals surface area contributed by atoms with Crippen molar-refractivity contribution < 1.29 is 4.79 Å². The Morgan fingerprint density at radius 2 is 0.810 bits per heavy atom. The van der Waals surface area contributed by atoms with Crippen LogP contribution in [0.15, 0.2) is 164 Å². The Hall–Kier alpha value is -7.10. The van der Waals surface area contributed by atoms with E-state index in [9.17, 15) is 4.79 Å². The summed E-state index contributed by atoms with van der Waals surface area (Å²) >= 11 is 2.25. The van der Waals surface area contributed by atoms with Gasteiger partial charge in [0.25, 0.3) is 5.91 Å². The van der Waals surface area contributed by atoms with Gasteiger partial charge in [0.05, 0.1) is 22.8 Å². The number of nitrogens with one attached hydrogen (secondary N) is 3. The van der Waals surface area contributed by atoms with Crippen LogP contribution in [-0.2, 0) is 0 Å². The van der Waals surface area contributed by atoms with Crippen LogP contribution in [0.2, 0.25) is 0 Å². The van der Waals surface area contributed by atoms with Crippen LogP contribution in [0.5, 0.6) is 0 Å². The molecule has 0 fully saturated rings. The van der Waals surface area contributed by atoms with Gasteiger partial charge >= 0.3 is 0 Å². The number of rotatable bonds is 6. The highest BCUT2D eigenvalue weighted by Gasteiger charge is 2.19. The number of aromatic nitrogens is 4. The minimum absolute atomic E-state index is 0.170. The van der Waals surface area contributed by atoms with Gasteiger partial charge in [-0.15, -0.1) is 0 Å². The Bertz CT molecular complexity index is 3050. The monoisotopic (exact) mass is 859 g/mol. The number of H-pyrrole nitrogens is 2. The van der Waals surface area contributed by atoms with Crippen molar-refractivity contribution in [3.05, 3.63) is 196 Å². The molecular formula is C51H34IN5O. The van der Waals surface area contributed by atoms with Crippen molar-refractivity contribution in [3.8, 4) is 44.5 Å². The molecule has 10 rings (SSSR count). The second-order valence-electron chi connectivity index (χ2n) is 14.1. The molecule has 2 aliphatic heterocycles. The summed E-state index contributed by atoms with van der Waals surface area (Å²) in [4.78, 5) is 31.7. The molecule has 0 saturated carbocycles. The number of halogens is 1. The molecule has 58 heavy (non-hydrogen) atoms. The van der Waals surface area contributed by atoms with Crippen molar-refractivity contribution in [2.45, 2.75) is 0 Å². The van der Waals surface area contributed by atoms with Crippen LogP contribution in [0.25, 0.3) is 90.9 Å². The minimum Gasteiger partial charge on any atom is -0.354 e. The van der Waals surface area contributed by atoms with Crippen LogP contribution in [0.1, 0.15) is 33.1 Å². The van der Waals surface area contributed by atoms with Crippen molar-refractivity contribution >= 4 is 80.6 Å². The summed E-state index contributed by atoms with van der Waals surface area (Å²) in [6.45, 7) is 0. The van der Waals surface area contributed by atoms with E-state index >= 15 is 0 Å². The summed E-state index contributed by atoms with van der Waals surface area (Å²) in [5, 5.41) is 3.04. The van der Waals surface area contributed by atoms with Gasteiger partial charge in [0, 0.05) is 59.1 Å². The number of anilines is 1. The quantitative estimate of drug-likeness (QED) is 0.146. The molecule has 0 aliphatic carbocycles. The van der Waals surface area contributed by atoms with Crippen LogP contribution in [0, 0.1) is 3.57 Å². The fraction of sp³-hybridized carbons (Fsp3) is 0. The molecule has 0 atom stereocenters. The van der Waals surface area contributed by atoms with Gasteiger partial charge in [-0.3, -0.25) is 4.79 Å². The van der Waals surface area contributed by atoms with Gasteiger partial charge < -0.3 is 15.3 Å². The van der Waals surface area contributed by atoms with Crippen molar-refractivity contribution in [1.29, 1.82) is 0 Å². The van der Waals surface area contributed by atoms with Crippen LogP contribution >= 0.6 is 22.6 Å². The maximum Gasteiger partial charge on any atom is 0.255 e. The first-order chi connectivity index (χ1) is 28.6. The highest BCUT2D eigenvalue weighted by Crippen LogP contribution is 2.38. The van der Waals surface area contributed by atoms with E-state index in [-0.39, 0.29) is 5.91 Å². The van der Waals surface area contributed by atoms with E-state index in [0.29, 0.717) is 5.56 Å². The molecule has 276 valence electrons. The number of fused-ring (bicyclic) bond motifs is 8.